The summed E-state index contributed by atoms with van der Waals surface area (Å²) >= 11 is 0. The molecule has 2 N–H and O–H groups in total. The van der Waals surface area contributed by atoms with Gasteiger partial charge in [-0.25, -0.2) is 0 Å². The second-order valence-corrected chi connectivity index (χ2v) is 5.60. The maximum absolute atomic E-state index is 12.7. The van der Waals surface area contributed by atoms with E-state index in [-0.39, 0.29) is 19.0 Å². The molecule has 128 valence electrons. The van der Waals surface area contributed by atoms with E-state index in [0.29, 0.717) is 5.56 Å². The number of nitrogens with one attached hydrogen (secondary N) is 2. The van der Waals surface area contributed by atoms with Crippen molar-refractivity contribution in [3.63, 3.8) is 0 Å². The lowest BCUT2D eigenvalue weighted by atomic mass is 10.1. The first kappa shape index (κ1) is 17.8. The zero-order valence-electron chi connectivity index (χ0n) is 13.5. The second kappa shape index (κ2) is 7.38. The number of hydrogen-bond acceptors (Lipinski definition) is 2. The average molecular weight is 336 g/mol. The quantitative estimate of drug-likeness (QED) is 0.865. The number of para-hydroxylation sites is 1. The number of halogens is 3. The van der Waals surface area contributed by atoms with Gasteiger partial charge in [-0.2, -0.15) is 13.2 Å². The normalized spacial score (nSPS) is 11.2. The SMILES string of the molecule is Cc1cccc(C)c1NCC(=O)NCc1cccc(C(F)(F)F)c1. The molecule has 0 saturated carbocycles. The van der Waals surface area contributed by atoms with Gasteiger partial charge in [0.1, 0.15) is 0 Å². The van der Waals surface area contributed by atoms with Crippen LogP contribution >= 0.6 is 0 Å². The predicted octanol–water partition coefficient (Wildman–Crippen LogP) is 4.05. The summed E-state index contributed by atoms with van der Waals surface area (Å²) in [6.45, 7) is 3.99. The molecule has 6 heteroatoms. The van der Waals surface area contributed by atoms with Gasteiger partial charge in [0.15, 0.2) is 0 Å². The minimum atomic E-state index is -4.38. The predicted molar refractivity (Wildman–Crippen MR) is 87.7 cm³/mol. The molecule has 3 nitrogen and oxygen atoms in total. The molecule has 0 aliphatic heterocycles. The average Bonchev–Trinajstić information content (AvgIpc) is 2.52. The van der Waals surface area contributed by atoms with Crippen molar-refractivity contribution in [2.75, 3.05) is 11.9 Å². The molecule has 0 saturated heterocycles. The van der Waals surface area contributed by atoms with E-state index >= 15 is 0 Å². The van der Waals surface area contributed by atoms with Crippen LogP contribution in [0.5, 0.6) is 0 Å². The summed E-state index contributed by atoms with van der Waals surface area (Å²) in [5, 5.41) is 5.68. The Morgan fingerprint density at radius 3 is 2.29 bits per heavy atom. The summed E-state index contributed by atoms with van der Waals surface area (Å²) in [6, 6.07) is 10.7. The Hall–Kier alpha value is -2.50. The summed E-state index contributed by atoms with van der Waals surface area (Å²) in [7, 11) is 0. The fraction of sp³-hybridized carbons (Fsp3) is 0.278. The van der Waals surface area contributed by atoms with Gasteiger partial charge in [-0.1, -0.05) is 30.3 Å². The van der Waals surface area contributed by atoms with Crippen molar-refractivity contribution < 1.29 is 18.0 Å². The summed E-state index contributed by atoms with van der Waals surface area (Å²) in [6.07, 6.45) is -4.38. The molecule has 2 rings (SSSR count). The van der Waals surface area contributed by atoms with Gasteiger partial charge in [-0.05, 0) is 42.7 Å². The number of hydrogen-bond donors (Lipinski definition) is 2. The first-order valence-corrected chi connectivity index (χ1v) is 7.50. The van der Waals surface area contributed by atoms with Gasteiger partial charge >= 0.3 is 6.18 Å². The van der Waals surface area contributed by atoms with Crippen molar-refractivity contribution in [1.82, 2.24) is 5.32 Å². The maximum Gasteiger partial charge on any atom is 0.416 e. The van der Waals surface area contributed by atoms with Gasteiger partial charge in [0.05, 0.1) is 12.1 Å². The van der Waals surface area contributed by atoms with Crippen LogP contribution in [-0.4, -0.2) is 12.5 Å². The van der Waals surface area contributed by atoms with Crippen LogP contribution in [-0.2, 0) is 17.5 Å². The number of aryl methyl sites for hydroxylation is 2. The van der Waals surface area contributed by atoms with Gasteiger partial charge in [0.25, 0.3) is 0 Å². The highest BCUT2D eigenvalue weighted by Crippen LogP contribution is 2.29. The van der Waals surface area contributed by atoms with Crippen molar-refractivity contribution in [2.24, 2.45) is 0 Å². The van der Waals surface area contributed by atoms with Crippen LogP contribution in [0, 0.1) is 13.8 Å². The fourth-order valence-corrected chi connectivity index (χ4v) is 2.38. The molecule has 1 amide bonds. The zero-order valence-corrected chi connectivity index (χ0v) is 13.5. The van der Waals surface area contributed by atoms with Gasteiger partial charge in [0, 0.05) is 12.2 Å². The second-order valence-electron chi connectivity index (χ2n) is 5.60. The Balaban J connectivity index is 1.90. The molecular weight excluding hydrogens is 317 g/mol. The molecule has 2 aromatic carbocycles. The highest BCUT2D eigenvalue weighted by atomic mass is 19.4. The van der Waals surface area contributed by atoms with Crippen molar-refractivity contribution in [1.29, 1.82) is 0 Å². The highest BCUT2D eigenvalue weighted by molar-refractivity contribution is 5.81. The van der Waals surface area contributed by atoms with Gasteiger partial charge in [-0.15, -0.1) is 0 Å². The van der Waals surface area contributed by atoms with E-state index in [9.17, 15) is 18.0 Å². The zero-order chi connectivity index (χ0) is 17.7. The maximum atomic E-state index is 12.7. The summed E-state index contributed by atoms with van der Waals surface area (Å²) in [5.74, 6) is -0.282. The van der Waals surface area contributed by atoms with E-state index in [2.05, 4.69) is 10.6 Å². The molecule has 0 aliphatic rings. The first-order chi connectivity index (χ1) is 11.3. The van der Waals surface area contributed by atoms with Crippen molar-refractivity contribution in [2.45, 2.75) is 26.6 Å². The van der Waals surface area contributed by atoms with Crippen LogP contribution < -0.4 is 10.6 Å². The monoisotopic (exact) mass is 336 g/mol. The number of amides is 1. The minimum Gasteiger partial charge on any atom is -0.376 e. The third kappa shape index (κ3) is 4.75. The van der Waals surface area contributed by atoms with Gasteiger partial charge < -0.3 is 10.6 Å². The molecule has 24 heavy (non-hydrogen) atoms. The largest absolute Gasteiger partial charge is 0.416 e. The fourth-order valence-electron chi connectivity index (χ4n) is 2.38. The van der Waals surface area contributed by atoms with Gasteiger partial charge in [-0.3, -0.25) is 4.79 Å². The number of anilines is 1. The Morgan fingerprint density at radius 2 is 1.67 bits per heavy atom. The molecular formula is C18H19F3N2O. The number of alkyl halides is 3. The highest BCUT2D eigenvalue weighted by Gasteiger charge is 2.30. The van der Waals surface area contributed by atoms with Crippen LogP contribution in [0.25, 0.3) is 0 Å². The molecule has 0 unspecified atom stereocenters. The standard InChI is InChI=1S/C18H19F3N2O/c1-12-5-3-6-13(2)17(12)23-11-16(24)22-10-14-7-4-8-15(9-14)18(19,20)21/h3-9,23H,10-11H2,1-2H3,(H,22,24). The number of rotatable bonds is 5. The minimum absolute atomic E-state index is 0.0528. The van der Waals surface area contributed by atoms with Gasteiger partial charge in [0.2, 0.25) is 5.91 Å². The van der Waals surface area contributed by atoms with E-state index in [1.54, 1.807) is 6.07 Å². The number of benzene rings is 2. The third-order valence-corrected chi connectivity index (χ3v) is 3.65. The molecule has 0 aliphatic carbocycles. The Labute approximate surface area is 138 Å². The Kier molecular flexibility index (Phi) is 5.49. The van der Waals surface area contributed by atoms with Crippen LogP contribution in [0.2, 0.25) is 0 Å². The van der Waals surface area contributed by atoms with E-state index in [1.807, 2.05) is 32.0 Å². The van der Waals surface area contributed by atoms with Crippen LogP contribution in [0.1, 0.15) is 22.3 Å². The van der Waals surface area contributed by atoms with E-state index in [0.717, 1.165) is 28.9 Å². The molecule has 2 aromatic rings. The van der Waals surface area contributed by atoms with Crippen LogP contribution in [0.4, 0.5) is 18.9 Å². The van der Waals surface area contributed by atoms with Crippen molar-refractivity contribution in [3.8, 4) is 0 Å². The Morgan fingerprint density at radius 1 is 1.04 bits per heavy atom. The first-order valence-electron chi connectivity index (χ1n) is 7.50. The summed E-state index contributed by atoms with van der Waals surface area (Å²) < 4.78 is 38.0. The summed E-state index contributed by atoms with van der Waals surface area (Å²) in [4.78, 5) is 11.9. The molecule has 0 radical (unpaired) electrons. The number of carbonyl (C=O) groups excluding carboxylic acids is 1. The lowest BCUT2D eigenvalue weighted by Gasteiger charge is -2.13. The Bertz CT molecular complexity index is 706. The molecule has 0 spiro atoms. The smallest absolute Gasteiger partial charge is 0.376 e. The lowest BCUT2D eigenvalue weighted by molar-refractivity contribution is -0.137. The van der Waals surface area contributed by atoms with E-state index in [1.165, 1.54) is 6.07 Å². The van der Waals surface area contributed by atoms with E-state index in [4.69, 9.17) is 0 Å². The molecule has 0 atom stereocenters. The molecule has 0 aromatic heterocycles. The van der Waals surface area contributed by atoms with Crippen LogP contribution in [0.3, 0.4) is 0 Å². The number of carbonyl (C=O) groups is 1. The molecule has 0 bridgehead atoms. The topological polar surface area (TPSA) is 41.1 Å². The molecule has 0 fully saturated rings. The lowest BCUT2D eigenvalue weighted by Crippen LogP contribution is -2.29. The van der Waals surface area contributed by atoms with Crippen LogP contribution in [0.15, 0.2) is 42.5 Å². The van der Waals surface area contributed by atoms with E-state index < -0.39 is 11.7 Å². The molecule has 0 heterocycles. The summed E-state index contributed by atoms with van der Waals surface area (Å²) in [5.41, 5.74) is 2.64. The third-order valence-electron chi connectivity index (χ3n) is 3.65. The van der Waals surface area contributed by atoms with Crippen molar-refractivity contribution >= 4 is 11.6 Å². The van der Waals surface area contributed by atoms with Crippen molar-refractivity contribution in [3.05, 3.63) is 64.7 Å².